The number of nitrogens with zero attached hydrogens (tertiary/aromatic N) is 1. The molecule has 0 amide bonds. The van der Waals surface area contributed by atoms with Crippen molar-refractivity contribution in [1.29, 1.82) is 0 Å². The Bertz CT molecular complexity index is 396. The lowest BCUT2D eigenvalue weighted by atomic mass is 10.1. The van der Waals surface area contributed by atoms with Crippen LogP contribution < -0.4 is 15.2 Å². The van der Waals surface area contributed by atoms with Crippen molar-refractivity contribution in [2.75, 3.05) is 40.9 Å². The van der Waals surface area contributed by atoms with E-state index in [9.17, 15) is 0 Å². The van der Waals surface area contributed by atoms with Crippen molar-refractivity contribution >= 4 is 0 Å². The van der Waals surface area contributed by atoms with Crippen LogP contribution in [0.15, 0.2) is 18.2 Å². The van der Waals surface area contributed by atoms with Gasteiger partial charge in [-0.3, -0.25) is 0 Å². The number of ether oxygens (including phenoxy) is 2. The first-order chi connectivity index (χ1) is 9.60. The predicted molar refractivity (Wildman–Crippen MR) is 83.6 cm³/mol. The summed E-state index contributed by atoms with van der Waals surface area (Å²) in [5.41, 5.74) is 6.85. The monoisotopic (exact) mass is 280 g/mol. The lowest BCUT2D eigenvalue weighted by Crippen LogP contribution is -2.27. The van der Waals surface area contributed by atoms with Crippen molar-refractivity contribution in [3.05, 3.63) is 23.8 Å². The summed E-state index contributed by atoms with van der Waals surface area (Å²) in [5, 5.41) is 0. The summed E-state index contributed by atoms with van der Waals surface area (Å²) in [5.74, 6) is 2.22. The minimum atomic E-state index is 0.649. The average molecular weight is 280 g/mol. The van der Waals surface area contributed by atoms with Gasteiger partial charge >= 0.3 is 0 Å². The van der Waals surface area contributed by atoms with Gasteiger partial charge in [0.15, 0.2) is 11.5 Å². The SMILES string of the molecule is COc1ccc(CCN(C)CC(C)CCN)cc1OC. The van der Waals surface area contributed by atoms with Crippen molar-refractivity contribution in [3.63, 3.8) is 0 Å². The Morgan fingerprint density at radius 1 is 1.20 bits per heavy atom. The van der Waals surface area contributed by atoms with Crippen LogP contribution in [-0.4, -0.2) is 45.8 Å². The molecular formula is C16H28N2O2. The minimum absolute atomic E-state index is 0.649. The van der Waals surface area contributed by atoms with Gasteiger partial charge in [-0.2, -0.15) is 0 Å². The molecule has 2 N–H and O–H groups in total. The minimum Gasteiger partial charge on any atom is -0.493 e. The molecule has 114 valence electrons. The summed E-state index contributed by atoms with van der Waals surface area (Å²) < 4.78 is 10.6. The van der Waals surface area contributed by atoms with E-state index >= 15 is 0 Å². The molecule has 0 aliphatic carbocycles. The van der Waals surface area contributed by atoms with Crippen molar-refractivity contribution in [1.82, 2.24) is 4.90 Å². The zero-order valence-corrected chi connectivity index (χ0v) is 13.2. The molecule has 4 heteroatoms. The van der Waals surface area contributed by atoms with E-state index in [2.05, 4.69) is 31.0 Å². The van der Waals surface area contributed by atoms with Gasteiger partial charge in [0.05, 0.1) is 14.2 Å². The highest BCUT2D eigenvalue weighted by atomic mass is 16.5. The molecule has 0 saturated heterocycles. The largest absolute Gasteiger partial charge is 0.493 e. The van der Waals surface area contributed by atoms with Gasteiger partial charge in [0.2, 0.25) is 0 Å². The highest BCUT2D eigenvalue weighted by Gasteiger charge is 2.08. The quantitative estimate of drug-likeness (QED) is 0.753. The van der Waals surface area contributed by atoms with E-state index in [4.69, 9.17) is 15.2 Å². The van der Waals surface area contributed by atoms with E-state index in [1.165, 1.54) is 5.56 Å². The van der Waals surface area contributed by atoms with Crippen LogP contribution in [-0.2, 0) is 6.42 Å². The van der Waals surface area contributed by atoms with Crippen LogP contribution in [0.3, 0.4) is 0 Å². The first-order valence-corrected chi connectivity index (χ1v) is 7.20. The molecule has 0 radical (unpaired) electrons. The third-order valence-corrected chi connectivity index (χ3v) is 3.51. The Hall–Kier alpha value is -1.26. The van der Waals surface area contributed by atoms with Gasteiger partial charge < -0.3 is 20.1 Å². The van der Waals surface area contributed by atoms with Gasteiger partial charge in [-0.25, -0.2) is 0 Å². The van der Waals surface area contributed by atoms with E-state index in [0.29, 0.717) is 5.92 Å². The number of likely N-dealkylation sites (N-methyl/N-ethyl adjacent to an activating group) is 1. The zero-order valence-electron chi connectivity index (χ0n) is 13.2. The van der Waals surface area contributed by atoms with Crippen LogP contribution in [0, 0.1) is 5.92 Å². The van der Waals surface area contributed by atoms with E-state index in [1.807, 2.05) is 6.07 Å². The standard InChI is InChI=1S/C16H28N2O2/c1-13(7-9-17)12-18(2)10-8-14-5-6-15(19-3)16(11-14)20-4/h5-6,11,13H,7-10,12,17H2,1-4H3. The van der Waals surface area contributed by atoms with E-state index in [-0.39, 0.29) is 0 Å². The molecule has 0 heterocycles. The van der Waals surface area contributed by atoms with Gasteiger partial charge in [-0.15, -0.1) is 0 Å². The second-order valence-corrected chi connectivity index (χ2v) is 5.38. The summed E-state index contributed by atoms with van der Waals surface area (Å²) in [4.78, 5) is 2.36. The lowest BCUT2D eigenvalue weighted by Gasteiger charge is -2.21. The third kappa shape index (κ3) is 5.39. The van der Waals surface area contributed by atoms with Crippen LogP contribution in [0.4, 0.5) is 0 Å². The lowest BCUT2D eigenvalue weighted by molar-refractivity contribution is 0.282. The molecule has 4 nitrogen and oxygen atoms in total. The van der Waals surface area contributed by atoms with Crippen molar-refractivity contribution in [3.8, 4) is 11.5 Å². The molecule has 0 fully saturated rings. The van der Waals surface area contributed by atoms with Crippen LogP contribution >= 0.6 is 0 Å². The molecule has 1 rings (SSSR count). The smallest absolute Gasteiger partial charge is 0.160 e. The second-order valence-electron chi connectivity index (χ2n) is 5.38. The Morgan fingerprint density at radius 2 is 1.90 bits per heavy atom. The molecule has 1 atom stereocenters. The summed E-state index contributed by atoms with van der Waals surface area (Å²) >= 11 is 0. The third-order valence-electron chi connectivity index (χ3n) is 3.51. The maximum Gasteiger partial charge on any atom is 0.160 e. The number of hydrogen-bond acceptors (Lipinski definition) is 4. The Morgan fingerprint density at radius 3 is 2.50 bits per heavy atom. The van der Waals surface area contributed by atoms with Crippen molar-refractivity contribution in [2.45, 2.75) is 19.8 Å². The topological polar surface area (TPSA) is 47.7 Å². The fourth-order valence-corrected chi connectivity index (χ4v) is 2.36. The second kappa shape index (κ2) is 8.82. The molecule has 1 aromatic carbocycles. The fraction of sp³-hybridized carbons (Fsp3) is 0.625. The van der Waals surface area contributed by atoms with Gasteiger partial charge in [0.25, 0.3) is 0 Å². The maximum atomic E-state index is 5.59. The predicted octanol–water partition coefficient (Wildman–Crippen LogP) is 2.16. The van der Waals surface area contributed by atoms with Crippen molar-refractivity contribution < 1.29 is 9.47 Å². The first kappa shape index (κ1) is 16.8. The summed E-state index contributed by atoms with van der Waals surface area (Å²) in [7, 11) is 5.49. The van der Waals surface area contributed by atoms with Gasteiger partial charge in [0, 0.05) is 13.1 Å². The average Bonchev–Trinajstić information content (AvgIpc) is 2.44. The number of hydrogen-bond donors (Lipinski definition) is 1. The Labute approximate surface area is 122 Å². The molecule has 0 saturated carbocycles. The molecule has 1 aromatic rings. The maximum absolute atomic E-state index is 5.59. The van der Waals surface area contributed by atoms with Gasteiger partial charge in [-0.1, -0.05) is 13.0 Å². The molecule has 0 aromatic heterocycles. The Balaban J connectivity index is 2.48. The van der Waals surface area contributed by atoms with Crippen LogP contribution in [0.2, 0.25) is 0 Å². The summed E-state index contributed by atoms with van der Waals surface area (Å²) in [6.07, 6.45) is 2.09. The van der Waals surface area contributed by atoms with Crippen LogP contribution in [0.25, 0.3) is 0 Å². The molecule has 0 aliphatic rings. The highest BCUT2D eigenvalue weighted by Crippen LogP contribution is 2.27. The first-order valence-electron chi connectivity index (χ1n) is 7.20. The number of rotatable bonds is 9. The number of methoxy groups -OCH3 is 2. The number of benzene rings is 1. The van der Waals surface area contributed by atoms with E-state index in [1.54, 1.807) is 14.2 Å². The molecule has 20 heavy (non-hydrogen) atoms. The zero-order chi connectivity index (χ0) is 15.0. The van der Waals surface area contributed by atoms with Crippen molar-refractivity contribution in [2.24, 2.45) is 11.7 Å². The van der Waals surface area contributed by atoms with Gasteiger partial charge in [0.1, 0.15) is 0 Å². The summed E-state index contributed by atoms with van der Waals surface area (Å²) in [6.45, 7) is 5.14. The normalized spacial score (nSPS) is 12.5. The summed E-state index contributed by atoms with van der Waals surface area (Å²) in [6, 6.07) is 6.11. The van der Waals surface area contributed by atoms with E-state index < -0.39 is 0 Å². The van der Waals surface area contributed by atoms with Gasteiger partial charge in [-0.05, 0) is 50.0 Å². The Kier molecular flexibility index (Phi) is 7.41. The number of nitrogens with two attached hydrogens (primary N) is 1. The molecule has 1 unspecified atom stereocenters. The van der Waals surface area contributed by atoms with E-state index in [0.717, 1.165) is 44.0 Å². The molecule has 0 bridgehead atoms. The van der Waals surface area contributed by atoms with Crippen LogP contribution in [0.1, 0.15) is 18.9 Å². The highest BCUT2D eigenvalue weighted by molar-refractivity contribution is 5.42. The fourth-order valence-electron chi connectivity index (χ4n) is 2.36. The van der Waals surface area contributed by atoms with Crippen LogP contribution in [0.5, 0.6) is 11.5 Å². The molecular weight excluding hydrogens is 252 g/mol. The molecule has 0 aliphatic heterocycles. The molecule has 0 spiro atoms.